The third-order valence-corrected chi connectivity index (χ3v) is 5.71. The Balaban J connectivity index is 1.77. The number of hydrogen-bond acceptors (Lipinski definition) is 9. The molecule has 4 N–H and O–H groups in total. The summed E-state index contributed by atoms with van der Waals surface area (Å²) in [5.41, 5.74) is 2.84. The topological polar surface area (TPSA) is 153 Å². The molecule has 29 heavy (non-hydrogen) atoms. The molecular weight excluding hydrogens is 440 g/mol. The number of primary sulfonamides is 1. The quantitative estimate of drug-likeness (QED) is 0.281. The second-order valence-corrected chi connectivity index (χ2v) is 8.47. The number of para-hydroxylation sites is 1. The predicted molar refractivity (Wildman–Crippen MR) is 113 cm³/mol. The van der Waals surface area contributed by atoms with Gasteiger partial charge in [-0.25, -0.2) is 18.5 Å². The fourth-order valence-corrected chi connectivity index (χ4v) is 3.77. The Bertz CT molecular complexity index is 1180. The van der Waals surface area contributed by atoms with E-state index in [2.05, 4.69) is 20.8 Å². The molecule has 0 aliphatic rings. The van der Waals surface area contributed by atoms with Gasteiger partial charge in [-0.2, -0.15) is 5.10 Å². The van der Waals surface area contributed by atoms with Gasteiger partial charge in [0, 0.05) is 11.8 Å². The van der Waals surface area contributed by atoms with Crippen LogP contribution in [0.25, 0.3) is 0 Å². The maximum absolute atomic E-state index is 11.4. The van der Waals surface area contributed by atoms with Crippen molar-refractivity contribution in [1.29, 1.82) is 0 Å². The molecule has 10 nitrogen and oxygen atoms in total. The van der Waals surface area contributed by atoms with E-state index in [9.17, 15) is 18.5 Å². The lowest BCUT2D eigenvalue weighted by molar-refractivity contribution is -0.384. The van der Waals surface area contributed by atoms with Crippen molar-refractivity contribution in [2.45, 2.75) is 4.90 Å². The molecule has 0 radical (unpaired) electrons. The molecule has 3 aromatic rings. The zero-order valence-electron chi connectivity index (χ0n) is 14.4. The Morgan fingerprint density at radius 3 is 2.62 bits per heavy atom. The van der Waals surface area contributed by atoms with Crippen molar-refractivity contribution in [2.24, 2.45) is 10.2 Å². The second-order valence-electron chi connectivity index (χ2n) is 5.52. The molecule has 0 atom stereocenters. The summed E-state index contributed by atoms with van der Waals surface area (Å²) in [6.45, 7) is 0. The molecule has 1 aromatic heterocycles. The molecule has 0 spiro atoms. The first-order valence-corrected chi connectivity index (χ1v) is 10.6. The highest BCUT2D eigenvalue weighted by Crippen LogP contribution is 2.29. The molecule has 0 aliphatic heterocycles. The Hall–Kier alpha value is -3.06. The average molecular weight is 453 g/mol. The molecule has 0 saturated heterocycles. The third-order valence-electron chi connectivity index (χ3n) is 3.50. The van der Waals surface area contributed by atoms with Gasteiger partial charge >= 0.3 is 0 Å². The molecule has 1 heterocycles. The van der Waals surface area contributed by atoms with Crippen LogP contribution in [-0.2, 0) is 10.0 Å². The summed E-state index contributed by atoms with van der Waals surface area (Å²) in [7, 11) is -4.07. The van der Waals surface area contributed by atoms with E-state index in [1.165, 1.54) is 23.6 Å². The number of aromatic nitrogens is 1. The van der Waals surface area contributed by atoms with Crippen molar-refractivity contribution in [1.82, 2.24) is 4.98 Å². The number of anilines is 3. The predicted octanol–water partition coefficient (Wildman–Crippen LogP) is 3.54. The standard InChI is InChI=1S/C16H13ClN6O4S2/c17-15-14(28-16(21-15)20-10-4-2-1-3-5-10)9-19-22-12-7-6-11(29(18,26)27)8-13(12)23(24)25/h1-9,22H,(H,20,21)(H2,18,26,27)/b19-9+. The fourth-order valence-electron chi connectivity index (χ4n) is 2.19. The van der Waals surface area contributed by atoms with Gasteiger partial charge in [0.1, 0.15) is 5.69 Å². The molecule has 2 aromatic carbocycles. The molecule has 3 rings (SSSR count). The molecular formula is C16H13ClN6O4S2. The first-order valence-electron chi connectivity index (χ1n) is 7.83. The Kier molecular flexibility index (Phi) is 6.08. The summed E-state index contributed by atoms with van der Waals surface area (Å²) in [6.07, 6.45) is 1.35. The molecule has 0 bridgehead atoms. The smallest absolute Gasteiger partial charge is 0.295 e. The number of rotatable bonds is 7. The maximum atomic E-state index is 11.4. The average Bonchev–Trinajstić information content (AvgIpc) is 3.01. The minimum Gasteiger partial charge on any atom is -0.331 e. The number of nitrogens with one attached hydrogen (secondary N) is 2. The van der Waals surface area contributed by atoms with Crippen LogP contribution in [0.5, 0.6) is 0 Å². The zero-order valence-corrected chi connectivity index (χ0v) is 16.8. The van der Waals surface area contributed by atoms with Gasteiger partial charge in [0.05, 0.1) is 20.9 Å². The summed E-state index contributed by atoms with van der Waals surface area (Å²) in [6, 6.07) is 12.6. The first kappa shape index (κ1) is 20.7. The lowest BCUT2D eigenvalue weighted by Gasteiger charge is -2.04. The van der Waals surface area contributed by atoms with Crippen molar-refractivity contribution in [2.75, 3.05) is 10.7 Å². The van der Waals surface area contributed by atoms with Crippen LogP contribution in [-0.4, -0.2) is 24.5 Å². The summed E-state index contributed by atoms with van der Waals surface area (Å²) in [4.78, 5) is 14.8. The molecule has 0 amide bonds. The van der Waals surface area contributed by atoms with E-state index in [0.717, 1.165) is 17.8 Å². The Morgan fingerprint density at radius 1 is 1.24 bits per heavy atom. The van der Waals surface area contributed by atoms with Crippen molar-refractivity contribution in [3.05, 3.63) is 68.7 Å². The number of thiazole rings is 1. The number of halogens is 1. The number of nitrogens with zero attached hydrogens (tertiary/aromatic N) is 3. The zero-order chi connectivity index (χ0) is 21.0. The minimum atomic E-state index is -4.07. The van der Waals surface area contributed by atoms with E-state index in [1.807, 2.05) is 30.3 Å². The summed E-state index contributed by atoms with van der Waals surface area (Å²) in [5, 5.41) is 24.0. The number of hydrogen-bond donors (Lipinski definition) is 3. The summed E-state index contributed by atoms with van der Waals surface area (Å²) in [5.74, 6) is 0. The van der Waals surface area contributed by atoms with Crippen LogP contribution in [0, 0.1) is 10.1 Å². The van der Waals surface area contributed by atoms with Crippen LogP contribution in [0.4, 0.5) is 22.2 Å². The van der Waals surface area contributed by atoms with Crippen LogP contribution in [0.2, 0.25) is 5.15 Å². The van der Waals surface area contributed by atoms with Gasteiger partial charge in [0.15, 0.2) is 10.3 Å². The normalized spacial score (nSPS) is 11.5. The highest BCUT2D eigenvalue weighted by molar-refractivity contribution is 7.89. The van der Waals surface area contributed by atoms with E-state index >= 15 is 0 Å². The number of nitro groups is 1. The fraction of sp³-hybridized carbons (Fsp3) is 0. The molecule has 0 aliphatic carbocycles. The second kappa shape index (κ2) is 8.53. The van der Waals surface area contributed by atoms with E-state index in [4.69, 9.17) is 16.7 Å². The summed E-state index contributed by atoms with van der Waals surface area (Å²) < 4.78 is 22.7. The van der Waals surface area contributed by atoms with E-state index in [0.29, 0.717) is 10.0 Å². The minimum absolute atomic E-state index is 0.0121. The van der Waals surface area contributed by atoms with Crippen molar-refractivity contribution in [3.8, 4) is 0 Å². The van der Waals surface area contributed by atoms with Crippen molar-refractivity contribution in [3.63, 3.8) is 0 Å². The monoisotopic (exact) mass is 452 g/mol. The lowest BCUT2D eigenvalue weighted by Crippen LogP contribution is -2.12. The molecule has 0 unspecified atom stereocenters. The van der Waals surface area contributed by atoms with Crippen LogP contribution >= 0.6 is 22.9 Å². The number of nitro benzene ring substituents is 1. The molecule has 13 heteroatoms. The lowest BCUT2D eigenvalue weighted by atomic mass is 10.3. The number of benzene rings is 2. The Morgan fingerprint density at radius 2 is 1.97 bits per heavy atom. The van der Waals surface area contributed by atoms with Crippen molar-refractivity contribution < 1.29 is 13.3 Å². The number of nitrogens with two attached hydrogens (primary N) is 1. The maximum Gasteiger partial charge on any atom is 0.295 e. The first-order chi connectivity index (χ1) is 13.7. The summed E-state index contributed by atoms with van der Waals surface area (Å²) >= 11 is 7.33. The van der Waals surface area contributed by atoms with Crippen LogP contribution in [0.15, 0.2) is 58.5 Å². The molecule has 0 fully saturated rings. The Labute approximate surface area is 174 Å². The van der Waals surface area contributed by atoms with Crippen LogP contribution in [0.3, 0.4) is 0 Å². The van der Waals surface area contributed by atoms with E-state index < -0.39 is 20.6 Å². The largest absolute Gasteiger partial charge is 0.331 e. The van der Waals surface area contributed by atoms with Crippen molar-refractivity contribution >= 4 is 61.4 Å². The number of sulfonamides is 1. The van der Waals surface area contributed by atoms with Gasteiger partial charge < -0.3 is 5.32 Å². The number of hydrazone groups is 1. The van der Waals surface area contributed by atoms with Gasteiger partial charge in [0.25, 0.3) is 5.69 Å². The SMILES string of the molecule is NS(=O)(=O)c1ccc(N/N=C/c2sc(Nc3ccccc3)nc2Cl)c([N+](=O)[O-])c1. The highest BCUT2D eigenvalue weighted by Gasteiger charge is 2.19. The van der Waals surface area contributed by atoms with E-state index in [1.54, 1.807) is 0 Å². The van der Waals surface area contributed by atoms with Crippen LogP contribution in [0.1, 0.15) is 4.88 Å². The van der Waals surface area contributed by atoms with Gasteiger partial charge in [-0.15, -0.1) is 0 Å². The van der Waals surface area contributed by atoms with Gasteiger partial charge in [-0.3, -0.25) is 15.5 Å². The third kappa shape index (κ3) is 5.26. The molecule has 0 saturated carbocycles. The van der Waals surface area contributed by atoms with Gasteiger partial charge in [-0.1, -0.05) is 41.1 Å². The molecule has 150 valence electrons. The van der Waals surface area contributed by atoms with Gasteiger partial charge in [0.2, 0.25) is 10.0 Å². The van der Waals surface area contributed by atoms with E-state index in [-0.39, 0.29) is 15.7 Å². The van der Waals surface area contributed by atoms with Gasteiger partial charge in [-0.05, 0) is 24.3 Å². The highest BCUT2D eigenvalue weighted by atomic mass is 35.5. The van der Waals surface area contributed by atoms with Crippen LogP contribution < -0.4 is 15.9 Å².